The smallest absolute Gasteiger partial charge is 0.255 e. The van der Waals surface area contributed by atoms with Gasteiger partial charge in [-0.15, -0.1) is 0 Å². The van der Waals surface area contributed by atoms with Gasteiger partial charge in [-0.05, 0) is 55.4 Å². The van der Waals surface area contributed by atoms with Crippen LogP contribution in [0.3, 0.4) is 0 Å². The quantitative estimate of drug-likeness (QED) is 0.797. The highest BCUT2D eigenvalue weighted by Gasteiger charge is 2.01. The number of nitrogens with one attached hydrogen (secondary N) is 1. The van der Waals surface area contributed by atoms with Gasteiger partial charge in [-0.2, -0.15) is 0 Å². The van der Waals surface area contributed by atoms with E-state index in [9.17, 15) is 4.79 Å². The summed E-state index contributed by atoms with van der Waals surface area (Å²) in [4.78, 5) is 14.0. The minimum Gasteiger partial charge on any atom is -0.329 e. The van der Waals surface area contributed by atoms with E-state index in [4.69, 9.17) is 0 Å². The summed E-state index contributed by atoms with van der Waals surface area (Å²) < 4.78 is 1.84. The van der Waals surface area contributed by atoms with Crippen LogP contribution in [0.5, 0.6) is 0 Å². The minimum absolute atomic E-state index is 0.0642. The highest BCUT2D eigenvalue weighted by Crippen LogP contribution is 2.26. The number of fused-ring (bicyclic) bond motifs is 1. The average Bonchev–Trinajstić information content (AvgIpc) is 2.09. The largest absolute Gasteiger partial charge is 0.329 e. The lowest BCUT2D eigenvalue weighted by Crippen LogP contribution is -2.03. The lowest BCUT2D eigenvalue weighted by atomic mass is 10.2. The summed E-state index contributed by atoms with van der Waals surface area (Å²) >= 11 is 6.73. The second-order valence-corrected chi connectivity index (χ2v) is 4.37. The molecule has 0 saturated heterocycles. The Morgan fingerprint density at radius 2 is 1.85 bits per heavy atom. The van der Waals surface area contributed by atoms with Crippen LogP contribution in [0.2, 0.25) is 0 Å². The predicted molar refractivity (Wildman–Crippen MR) is 60.0 cm³/mol. The summed E-state index contributed by atoms with van der Waals surface area (Å²) in [6, 6.07) is 5.58. The van der Waals surface area contributed by atoms with Gasteiger partial charge >= 0.3 is 0 Å². The molecule has 0 aliphatic heterocycles. The van der Waals surface area contributed by atoms with Gasteiger partial charge in [-0.1, -0.05) is 0 Å². The van der Waals surface area contributed by atoms with Gasteiger partial charge < -0.3 is 4.98 Å². The van der Waals surface area contributed by atoms with Gasteiger partial charge in [0.25, 0.3) is 5.56 Å². The van der Waals surface area contributed by atoms with E-state index >= 15 is 0 Å². The van der Waals surface area contributed by atoms with E-state index in [0.717, 1.165) is 14.3 Å². The lowest BCUT2D eigenvalue weighted by Gasteiger charge is -1.99. The van der Waals surface area contributed by atoms with Gasteiger partial charge in [0.15, 0.2) is 0 Å². The Morgan fingerprint density at radius 3 is 2.62 bits per heavy atom. The molecular weight excluding hydrogens is 298 g/mol. The van der Waals surface area contributed by atoms with Crippen molar-refractivity contribution in [3.8, 4) is 0 Å². The van der Waals surface area contributed by atoms with Crippen LogP contribution < -0.4 is 5.56 Å². The van der Waals surface area contributed by atoms with Gasteiger partial charge in [-0.25, -0.2) is 0 Å². The number of aromatic amines is 1. The topological polar surface area (TPSA) is 32.9 Å². The fraction of sp³-hybridized carbons (Fsp3) is 0. The molecule has 1 aromatic carbocycles. The number of hydrogen-bond donors (Lipinski definition) is 1. The van der Waals surface area contributed by atoms with E-state index in [0.29, 0.717) is 5.39 Å². The summed E-state index contributed by atoms with van der Waals surface area (Å²) in [5.74, 6) is 0. The summed E-state index contributed by atoms with van der Waals surface area (Å²) in [6.45, 7) is 0. The number of hydrogen-bond acceptors (Lipinski definition) is 1. The van der Waals surface area contributed by atoms with Crippen molar-refractivity contribution >= 4 is 42.6 Å². The van der Waals surface area contributed by atoms with Crippen molar-refractivity contribution in [2.45, 2.75) is 0 Å². The van der Waals surface area contributed by atoms with Crippen LogP contribution in [-0.2, 0) is 0 Å². The summed E-state index contributed by atoms with van der Waals surface area (Å²) in [5, 5.41) is 1.62. The second-order valence-electron chi connectivity index (χ2n) is 2.66. The molecule has 1 N–H and O–H groups in total. The summed E-state index contributed by atoms with van der Waals surface area (Å²) in [7, 11) is 0. The lowest BCUT2D eigenvalue weighted by molar-refractivity contribution is 1.27. The molecule has 0 bridgehead atoms. The normalized spacial score (nSPS) is 10.6. The van der Waals surface area contributed by atoms with Crippen molar-refractivity contribution in [3.05, 3.63) is 43.7 Å². The molecule has 0 radical (unpaired) electrons. The first-order chi connectivity index (χ1) is 6.18. The number of benzene rings is 1. The average molecular weight is 303 g/mol. The molecular formula is C9H5Br2NO. The van der Waals surface area contributed by atoms with Gasteiger partial charge in [0.1, 0.15) is 0 Å². The fourth-order valence-corrected chi connectivity index (χ4v) is 1.89. The van der Waals surface area contributed by atoms with Crippen LogP contribution in [0.4, 0.5) is 0 Å². The van der Waals surface area contributed by atoms with E-state index < -0.39 is 0 Å². The maximum atomic E-state index is 11.4. The molecule has 4 heteroatoms. The van der Waals surface area contributed by atoms with Crippen LogP contribution >= 0.6 is 31.9 Å². The van der Waals surface area contributed by atoms with Crippen molar-refractivity contribution in [1.82, 2.24) is 4.98 Å². The molecule has 1 heterocycles. The van der Waals surface area contributed by atoms with Crippen molar-refractivity contribution in [1.29, 1.82) is 0 Å². The van der Waals surface area contributed by atoms with E-state index in [-0.39, 0.29) is 5.56 Å². The Hall–Kier alpha value is -0.610. The van der Waals surface area contributed by atoms with Crippen LogP contribution in [-0.4, -0.2) is 4.98 Å². The maximum absolute atomic E-state index is 11.4. The Balaban J connectivity index is 2.97. The van der Waals surface area contributed by atoms with Crippen molar-refractivity contribution < 1.29 is 0 Å². The Bertz CT molecular complexity index is 518. The number of pyridine rings is 1. The molecule has 1 aromatic heterocycles. The molecule has 0 aliphatic rings. The Kier molecular flexibility index (Phi) is 2.26. The van der Waals surface area contributed by atoms with Gasteiger partial charge in [0, 0.05) is 20.5 Å². The number of rotatable bonds is 0. The molecule has 13 heavy (non-hydrogen) atoms. The van der Waals surface area contributed by atoms with Crippen molar-refractivity contribution in [3.63, 3.8) is 0 Å². The highest BCUT2D eigenvalue weighted by atomic mass is 79.9. The first-order valence-electron chi connectivity index (χ1n) is 3.65. The minimum atomic E-state index is -0.0642. The molecule has 0 atom stereocenters. The maximum Gasteiger partial charge on any atom is 0.255 e. The third kappa shape index (κ3) is 1.56. The van der Waals surface area contributed by atoms with Crippen molar-refractivity contribution in [2.24, 2.45) is 0 Å². The zero-order valence-corrected chi connectivity index (χ0v) is 9.65. The fourth-order valence-electron chi connectivity index (χ4n) is 1.18. The Morgan fingerprint density at radius 1 is 1.15 bits per heavy atom. The summed E-state index contributed by atoms with van der Waals surface area (Å²) in [5.41, 5.74) is -0.0642. The van der Waals surface area contributed by atoms with Crippen LogP contribution in [0.25, 0.3) is 10.8 Å². The molecule has 66 valence electrons. The zero-order valence-electron chi connectivity index (χ0n) is 6.47. The molecule has 0 saturated carbocycles. The van der Waals surface area contributed by atoms with E-state index in [1.54, 1.807) is 12.3 Å². The van der Waals surface area contributed by atoms with Crippen LogP contribution in [0.15, 0.2) is 38.1 Å². The standard InChI is InChI=1S/C9H5Br2NO/c10-7-3-5-1-2-12-9(13)6(5)4-8(7)11/h1-4H,(H,12,13). The monoisotopic (exact) mass is 301 g/mol. The molecule has 2 rings (SSSR count). The first-order valence-corrected chi connectivity index (χ1v) is 5.23. The van der Waals surface area contributed by atoms with E-state index in [1.807, 2.05) is 12.1 Å². The van der Waals surface area contributed by atoms with Gasteiger partial charge in [0.05, 0.1) is 0 Å². The van der Waals surface area contributed by atoms with Gasteiger partial charge in [-0.3, -0.25) is 4.79 Å². The number of aromatic nitrogens is 1. The van der Waals surface area contributed by atoms with E-state index in [1.165, 1.54) is 0 Å². The van der Waals surface area contributed by atoms with Crippen LogP contribution in [0.1, 0.15) is 0 Å². The highest BCUT2D eigenvalue weighted by molar-refractivity contribution is 9.13. The third-order valence-electron chi connectivity index (χ3n) is 1.81. The SMILES string of the molecule is O=c1[nH]ccc2cc(Br)c(Br)cc12. The van der Waals surface area contributed by atoms with Crippen LogP contribution in [0, 0.1) is 0 Å². The molecule has 2 nitrogen and oxygen atoms in total. The molecule has 2 aromatic rings. The van der Waals surface area contributed by atoms with Gasteiger partial charge in [0.2, 0.25) is 0 Å². The molecule has 0 unspecified atom stereocenters. The number of H-pyrrole nitrogens is 1. The number of halogens is 2. The zero-order chi connectivity index (χ0) is 9.42. The molecule has 0 aliphatic carbocycles. The Labute approximate surface area is 91.2 Å². The summed E-state index contributed by atoms with van der Waals surface area (Å²) in [6.07, 6.45) is 1.64. The predicted octanol–water partition coefficient (Wildman–Crippen LogP) is 3.05. The second kappa shape index (κ2) is 3.27. The molecule has 0 spiro atoms. The third-order valence-corrected chi connectivity index (χ3v) is 3.66. The first kappa shape index (κ1) is 8.97. The molecule has 0 amide bonds. The molecule has 0 fully saturated rings. The van der Waals surface area contributed by atoms with E-state index in [2.05, 4.69) is 36.8 Å². The van der Waals surface area contributed by atoms with Crippen molar-refractivity contribution in [2.75, 3.05) is 0 Å².